The van der Waals surface area contributed by atoms with Crippen LogP contribution in [0.2, 0.25) is 0 Å². The smallest absolute Gasteiger partial charge is 0.140 e. The summed E-state index contributed by atoms with van der Waals surface area (Å²) >= 11 is 0. The molecule has 1 aliphatic rings. The molecule has 1 aromatic heterocycles. The third-order valence-electron chi connectivity index (χ3n) is 3.17. The molecule has 1 aromatic rings. The molecule has 0 aliphatic carbocycles. The van der Waals surface area contributed by atoms with Gasteiger partial charge in [0, 0.05) is 18.6 Å². The van der Waals surface area contributed by atoms with Crippen molar-refractivity contribution in [3.63, 3.8) is 0 Å². The summed E-state index contributed by atoms with van der Waals surface area (Å²) in [6.45, 7) is 3.89. The lowest BCUT2D eigenvalue weighted by atomic mass is 9.95. The molecule has 1 N–H and O–H groups in total. The van der Waals surface area contributed by atoms with Crippen LogP contribution in [-0.2, 0) is 4.74 Å². The van der Waals surface area contributed by atoms with Crippen LogP contribution in [0.1, 0.15) is 25.5 Å². The number of nitrogens with zero attached hydrogens (tertiary/aromatic N) is 2. The minimum Gasteiger partial charge on any atom is -0.381 e. The number of hydrogen-bond acceptors (Lipinski definition) is 4. The van der Waals surface area contributed by atoms with Crippen LogP contribution in [0, 0.1) is 17.2 Å². The summed E-state index contributed by atoms with van der Waals surface area (Å²) in [6, 6.07) is 6.00. The third kappa shape index (κ3) is 3.18. The van der Waals surface area contributed by atoms with Crippen LogP contribution in [0.4, 0.5) is 5.69 Å². The summed E-state index contributed by atoms with van der Waals surface area (Å²) in [5.74, 6) is 0.555. The Morgan fingerprint density at radius 2 is 2.47 bits per heavy atom. The first kappa shape index (κ1) is 11.9. The zero-order chi connectivity index (χ0) is 12.1. The van der Waals surface area contributed by atoms with Crippen molar-refractivity contribution in [2.75, 3.05) is 18.5 Å². The van der Waals surface area contributed by atoms with Gasteiger partial charge in [-0.05, 0) is 31.9 Å². The van der Waals surface area contributed by atoms with Gasteiger partial charge < -0.3 is 10.1 Å². The number of hydrogen-bond donors (Lipinski definition) is 1. The zero-order valence-corrected chi connectivity index (χ0v) is 10.0. The van der Waals surface area contributed by atoms with Gasteiger partial charge in [0.1, 0.15) is 11.8 Å². The van der Waals surface area contributed by atoms with Gasteiger partial charge >= 0.3 is 0 Å². The van der Waals surface area contributed by atoms with E-state index in [1.807, 2.05) is 12.1 Å². The van der Waals surface area contributed by atoms with Gasteiger partial charge in [0.25, 0.3) is 0 Å². The van der Waals surface area contributed by atoms with E-state index in [9.17, 15) is 0 Å². The lowest BCUT2D eigenvalue weighted by molar-refractivity contribution is 0.0496. The van der Waals surface area contributed by atoms with E-state index in [-0.39, 0.29) is 0 Å². The standard InChI is InChI=1S/C13H17N3O/c1-10(11-3-2-6-17-9-11)16-13-5-4-12(7-14)15-8-13/h4-5,8,10-11,16H,2-3,6,9H2,1H3/t10-,11+/m1/s1. The highest BCUT2D eigenvalue weighted by Crippen LogP contribution is 2.20. The number of anilines is 1. The van der Waals surface area contributed by atoms with E-state index < -0.39 is 0 Å². The predicted octanol–water partition coefficient (Wildman–Crippen LogP) is 2.18. The average Bonchev–Trinajstić information content (AvgIpc) is 2.40. The van der Waals surface area contributed by atoms with Crippen molar-refractivity contribution < 1.29 is 4.74 Å². The zero-order valence-electron chi connectivity index (χ0n) is 10.0. The van der Waals surface area contributed by atoms with Gasteiger partial charge in [0.2, 0.25) is 0 Å². The van der Waals surface area contributed by atoms with Gasteiger partial charge in [-0.2, -0.15) is 5.26 Å². The first-order valence-corrected chi connectivity index (χ1v) is 6.00. The maximum Gasteiger partial charge on any atom is 0.140 e. The number of nitrogens with one attached hydrogen (secondary N) is 1. The minimum atomic E-state index is 0.366. The summed E-state index contributed by atoms with van der Waals surface area (Å²) in [7, 11) is 0. The van der Waals surface area contributed by atoms with E-state index in [0.717, 1.165) is 25.3 Å². The van der Waals surface area contributed by atoms with Gasteiger partial charge in [0.05, 0.1) is 18.5 Å². The maximum absolute atomic E-state index is 8.66. The fourth-order valence-electron chi connectivity index (χ4n) is 2.09. The molecular weight excluding hydrogens is 214 g/mol. The largest absolute Gasteiger partial charge is 0.381 e. The van der Waals surface area contributed by atoms with Crippen LogP contribution in [0.3, 0.4) is 0 Å². The monoisotopic (exact) mass is 231 g/mol. The average molecular weight is 231 g/mol. The van der Waals surface area contributed by atoms with Crippen LogP contribution >= 0.6 is 0 Å². The lowest BCUT2D eigenvalue weighted by Crippen LogP contribution is -2.32. The molecule has 0 aromatic carbocycles. The van der Waals surface area contributed by atoms with Gasteiger partial charge in [0.15, 0.2) is 0 Å². The quantitative estimate of drug-likeness (QED) is 0.866. The summed E-state index contributed by atoms with van der Waals surface area (Å²) in [5, 5.41) is 12.1. The Kier molecular flexibility index (Phi) is 3.94. The highest BCUT2D eigenvalue weighted by atomic mass is 16.5. The van der Waals surface area contributed by atoms with Crippen molar-refractivity contribution in [2.45, 2.75) is 25.8 Å². The number of nitriles is 1. The molecule has 1 aliphatic heterocycles. The van der Waals surface area contributed by atoms with E-state index in [1.54, 1.807) is 12.3 Å². The fraction of sp³-hybridized carbons (Fsp3) is 0.538. The molecule has 0 bridgehead atoms. The van der Waals surface area contributed by atoms with E-state index in [0.29, 0.717) is 17.7 Å². The van der Waals surface area contributed by atoms with Gasteiger partial charge in [-0.15, -0.1) is 0 Å². The lowest BCUT2D eigenvalue weighted by Gasteiger charge is -2.28. The van der Waals surface area contributed by atoms with Crippen molar-refractivity contribution in [1.29, 1.82) is 5.26 Å². The number of ether oxygens (including phenoxy) is 1. The van der Waals surface area contributed by atoms with E-state index >= 15 is 0 Å². The summed E-state index contributed by atoms with van der Waals surface area (Å²) in [6.07, 6.45) is 4.05. The molecule has 1 saturated heterocycles. The van der Waals surface area contributed by atoms with Crippen molar-refractivity contribution in [3.05, 3.63) is 24.0 Å². The number of rotatable bonds is 3. The summed E-state index contributed by atoms with van der Waals surface area (Å²) in [4.78, 5) is 4.04. The van der Waals surface area contributed by atoms with Gasteiger partial charge in [-0.1, -0.05) is 0 Å². The molecule has 4 heteroatoms. The molecule has 0 radical (unpaired) electrons. The maximum atomic E-state index is 8.66. The SMILES string of the molecule is C[C@@H](Nc1ccc(C#N)nc1)[C@H]1CCCOC1. The topological polar surface area (TPSA) is 57.9 Å². The van der Waals surface area contributed by atoms with Crippen molar-refractivity contribution in [1.82, 2.24) is 4.98 Å². The van der Waals surface area contributed by atoms with E-state index in [1.165, 1.54) is 6.42 Å². The molecule has 4 nitrogen and oxygen atoms in total. The van der Waals surface area contributed by atoms with Crippen LogP contribution in [-0.4, -0.2) is 24.2 Å². The second kappa shape index (κ2) is 5.65. The molecule has 1 fully saturated rings. The minimum absolute atomic E-state index is 0.366. The van der Waals surface area contributed by atoms with Gasteiger partial charge in [-0.3, -0.25) is 0 Å². The van der Waals surface area contributed by atoms with Crippen LogP contribution in [0.25, 0.3) is 0 Å². The number of aromatic nitrogens is 1. The Balaban J connectivity index is 1.92. The summed E-state index contributed by atoms with van der Waals surface area (Å²) < 4.78 is 5.48. The Labute approximate surface area is 102 Å². The van der Waals surface area contributed by atoms with Crippen LogP contribution < -0.4 is 5.32 Å². The first-order chi connectivity index (χ1) is 8.29. The second-order valence-corrected chi connectivity index (χ2v) is 4.45. The van der Waals surface area contributed by atoms with Crippen molar-refractivity contribution in [2.24, 2.45) is 5.92 Å². The molecule has 2 atom stereocenters. The third-order valence-corrected chi connectivity index (χ3v) is 3.17. The highest BCUT2D eigenvalue weighted by Gasteiger charge is 2.20. The van der Waals surface area contributed by atoms with Crippen molar-refractivity contribution >= 4 is 5.69 Å². The fourth-order valence-corrected chi connectivity index (χ4v) is 2.09. The Morgan fingerprint density at radius 3 is 3.06 bits per heavy atom. The molecule has 0 amide bonds. The highest BCUT2D eigenvalue weighted by molar-refractivity contribution is 5.43. The Bertz CT molecular complexity index is 390. The van der Waals surface area contributed by atoms with E-state index in [4.69, 9.17) is 10.00 Å². The second-order valence-electron chi connectivity index (χ2n) is 4.45. The summed E-state index contributed by atoms with van der Waals surface area (Å²) in [5.41, 5.74) is 1.41. The van der Waals surface area contributed by atoms with Crippen LogP contribution in [0.15, 0.2) is 18.3 Å². The Hall–Kier alpha value is -1.60. The molecular formula is C13H17N3O. The molecule has 0 unspecified atom stereocenters. The van der Waals surface area contributed by atoms with Crippen LogP contribution in [0.5, 0.6) is 0 Å². The van der Waals surface area contributed by atoms with E-state index in [2.05, 4.69) is 17.2 Å². The van der Waals surface area contributed by atoms with Crippen molar-refractivity contribution in [3.8, 4) is 6.07 Å². The molecule has 17 heavy (non-hydrogen) atoms. The normalized spacial score (nSPS) is 21.5. The first-order valence-electron chi connectivity index (χ1n) is 6.00. The predicted molar refractivity (Wildman–Crippen MR) is 65.6 cm³/mol. The molecule has 0 spiro atoms. The molecule has 2 heterocycles. The number of pyridine rings is 1. The molecule has 0 saturated carbocycles. The van der Waals surface area contributed by atoms with Gasteiger partial charge in [-0.25, -0.2) is 4.98 Å². The molecule has 2 rings (SSSR count). The Morgan fingerprint density at radius 1 is 1.59 bits per heavy atom. The molecule has 90 valence electrons.